The molecule has 174 valence electrons. The normalized spacial score (nSPS) is 19.4. The van der Waals surface area contributed by atoms with E-state index in [-0.39, 0.29) is 17.4 Å². The van der Waals surface area contributed by atoms with Gasteiger partial charge in [-0.15, -0.1) is 11.3 Å². The van der Waals surface area contributed by atoms with Crippen LogP contribution in [-0.2, 0) is 27.2 Å². The highest BCUT2D eigenvalue weighted by Gasteiger charge is 2.34. The van der Waals surface area contributed by atoms with Crippen molar-refractivity contribution >= 4 is 17.2 Å². The summed E-state index contributed by atoms with van der Waals surface area (Å²) in [6.07, 6.45) is 2.41. The Morgan fingerprint density at radius 1 is 1.34 bits per heavy atom. The van der Waals surface area contributed by atoms with E-state index in [2.05, 4.69) is 11.9 Å². The fraction of sp³-hybridized carbons (Fsp3) is 0.583. The van der Waals surface area contributed by atoms with Crippen molar-refractivity contribution in [3.05, 3.63) is 39.8 Å². The molecule has 1 aromatic carbocycles. The van der Waals surface area contributed by atoms with E-state index >= 15 is 0 Å². The van der Waals surface area contributed by atoms with E-state index in [9.17, 15) is 4.79 Å². The van der Waals surface area contributed by atoms with Crippen LogP contribution in [0.25, 0.3) is 0 Å². The number of rotatable bonds is 10. The van der Waals surface area contributed by atoms with Gasteiger partial charge in [0.05, 0.1) is 50.2 Å². The third-order valence-electron chi connectivity index (χ3n) is 5.88. The van der Waals surface area contributed by atoms with Crippen molar-refractivity contribution in [1.82, 2.24) is 9.88 Å². The Balaban J connectivity index is 1.48. The highest BCUT2D eigenvalue weighted by Crippen LogP contribution is 2.33. The SMILES string of the molecule is COc1ccc(CN(C[C@H]2CCCO2)C(=O)Cc2csc(C)n2)cc1OCC1(C)COC1. The van der Waals surface area contributed by atoms with Crippen LogP contribution in [0.4, 0.5) is 0 Å². The second kappa shape index (κ2) is 10.2. The Kier molecular flexibility index (Phi) is 7.33. The van der Waals surface area contributed by atoms with Crippen LogP contribution >= 0.6 is 11.3 Å². The summed E-state index contributed by atoms with van der Waals surface area (Å²) in [7, 11) is 1.64. The molecular weight excluding hydrogens is 428 g/mol. The van der Waals surface area contributed by atoms with Gasteiger partial charge in [-0.3, -0.25) is 4.79 Å². The number of ether oxygens (including phenoxy) is 4. The van der Waals surface area contributed by atoms with Gasteiger partial charge in [0.2, 0.25) is 5.91 Å². The Morgan fingerprint density at radius 3 is 2.81 bits per heavy atom. The molecule has 0 spiro atoms. The summed E-state index contributed by atoms with van der Waals surface area (Å²) in [6, 6.07) is 5.87. The monoisotopic (exact) mass is 460 g/mol. The highest BCUT2D eigenvalue weighted by atomic mass is 32.1. The van der Waals surface area contributed by atoms with Crippen molar-refractivity contribution in [2.45, 2.75) is 45.8 Å². The number of carbonyl (C=O) groups is 1. The zero-order chi connectivity index (χ0) is 22.6. The number of aryl methyl sites for hydroxylation is 1. The van der Waals surface area contributed by atoms with Gasteiger partial charge in [-0.2, -0.15) is 0 Å². The Bertz CT molecular complexity index is 921. The number of hydrogen-bond donors (Lipinski definition) is 0. The first-order valence-corrected chi connectivity index (χ1v) is 12.0. The van der Waals surface area contributed by atoms with Gasteiger partial charge in [0.1, 0.15) is 0 Å². The van der Waals surface area contributed by atoms with Gasteiger partial charge in [-0.05, 0) is 37.5 Å². The number of hydrogen-bond acceptors (Lipinski definition) is 7. The lowest BCUT2D eigenvalue weighted by Crippen LogP contribution is -2.44. The average Bonchev–Trinajstić information content (AvgIpc) is 3.42. The van der Waals surface area contributed by atoms with Gasteiger partial charge in [-0.1, -0.05) is 13.0 Å². The molecule has 0 radical (unpaired) electrons. The van der Waals surface area contributed by atoms with E-state index in [0.717, 1.165) is 35.7 Å². The fourth-order valence-corrected chi connectivity index (χ4v) is 4.60. The van der Waals surface area contributed by atoms with Crippen LogP contribution in [0.2, 0.25) is 0 Å². The maximum Gasteiger partial charge on any atom is 0.229 e. The first-order valence-electron chi connectivity index (χ1n) is 11.1. The third kappa shape index (κ3) is 5.79. The number of carbonyl (C=O) groups excluding carboxylic acids is 1. The van der Waals surface area contributed by atoms with Crippen molar-refractivity contribution in [3.8, 4) is 11.5 Å². The second-order valence-corrected chi connectivity index (χ2v) is 10.1. The Labute approximate surface area is 193 Å². The molecule has 0 unspecified atom stereocenters. The van der Waals surface area contributed by atoms with E-state index in [4.69, 9.17) is 18.9 Å². The van der Waals surface area contributed by atoms with E-state index in [0.29, 0.717) is 50.8 Å². The van der Waals surface area contributed by atoms with Crippen LogP contribution < -0.4 is 9.47 Å². The quantitative estimate of drug-likeness (QED) is 0.539. The minimum absolute atomic E-state index is 0.0362. The van der Waals surface area contributed by atoms with Crippen molar-refractivity contribution in [3.63, 3.8) is 0 Å². The molecule has 2 saturated heterocycles. The molecule has 1 atom stereocenters. The zero-order valence-electron chi connectivity index (χ0n) is 19.1. The van der Waals surface area contributed by atoms with E-state index < -0.39 is 0 Å². The standard InChI is InChI=1S/C24H32N2O5S/c1-17-25-19(13-32-17)10-23(27)26(12-20-5-4-8-30-20)11-18-6-7-21(28-3)22(9-18)31-16-24(2)14-29-15-24/h6-7,9,13,20H,4-5,8,10-12,14-16H2,1-3H3/t20-/m1/s1. The second-order valence-electron chi connectivity index (χ2n) is 9.02. The van der Waals surface area contributed by atoms with Crippen molar-refractivity contribution in [1.29, 1.82) is 0 Å². The average molecular weight is 461 g/mol. The minimum Gasteiger partial charge on any atom is -0.493 e. The minimum atomic E-state index is 0.0362. The molecule has 0 saturated carbocycles. The summed E-state index contributed by atoms with van der Waals surface area (Å²) in [5, 5.41) is 2.93. The van der Waals surface area contributed by atoms with Crippen LogP contribution in [0.5, 0.6) is 11.5 Å². The molecule has 7 nitrogen and oxygen atoms in total. The lowest BCUT2D eigenvalue weighted by Gasteiger charge is -2.37. The van der Waals surface area contributed by atoms with Crippen molar-refractivity contribution in [2.24, 2.45) is 5.41 Å². The summed E-state index contributed by atoms with van der Waals surface area (Å²) in [6.45, 7) is 7.91. The molecule has 8 heteroatoms. The van der Waals surface area contributed by atoms with Gasteiger partial charge in [-0.25, -0.2) is 4.98 Å². The number of thiazole rings is 1. The lowest BCUT2D eigenvalue weighted by molar-refractivity contribution is -0.132. The number of nitrogens with zero attached hydrogens (tertiary/aromatic N) is 2. The van der Waals surface area contributed by atoms with Gasteiger partial charge in [0, 0.05) is 30.5 Å². The molecule has 32 heavy (non-hydrogen) atoms. The zero-order valence-corrected chi connectivity index (χ0v) is 19.9. The molecule has 1 amide bonds. The number of amides is 1. The van der Waals surface area contributed by atoms with Gasteiger partial charge in [0.25, 0.3) is 0 Å². The van der Waals surface area contributed by atoms with Crippen LogP contribution in [0.15, 0.2) is 23.6 Å². The number of benzene rings is 1. The lowest BCUT2D eigenvalue weighted by atomic mass is 9.90. The highest BCUT2D eigenvalue weighted by molar-refractivity contribution is 7.09. The predicted octanol–water partition coefficient (Wildman–Crippen LogP) is 3.63. The summed E-state index contributed by atoms with van der Waals surface area (Å²) in [4.78, 5) is 19.5. The van der Waals surface area contributed by atoms with Crippen LogP contribution in [0.1, 0.15) is 36.0 Å². The van der Waals surface area contributed by atoms with Crippen molar-refractivity contribution in [2.75, 3.05) is 40.1 Å². The van der Waals surface area contributed by atoms with Crippen LogP contribution in [0.3, 0.4) is 0 Å². The smallest absolute Gasteiger partial charge is 0.229 e. The van der Waals surface area contributed by atoms with Crippen LogP contribution in [0, 0.1) is 12.3 Å². The molecule has 2 aliphatic rings. The molecular formula is C24H32N2O5S. The summed E-state index contributed by atoms with van der Waals surface area (Å²) < 4.78 is 22.7. The molecule has 0 N–H and O–H groups in total. The van der Waals surface area contributed by atoms with Gasteiger partial charge >= 0.3 is 0 Å². The molecule has 1 aromatic heterocycles. The molecule has 2 fully saturated rings. The first kappa shape index (κ1) is 23.0. The maximum atomic E-state index is 13.2. The topological polar surface area (TPSA) is 70.1 Å². The maximum absolute atomic E-state index is 13.2. The molecule has 2 aromatic rings. The molecule has 0 aliphatic carbocycles. The van der Waals surface area contributed by atoms with E-state index in [1.807, 2.05) is 35.4 Å². The van der Waals surface area contributed by atoms with E-state index in [1.54, 1.807) is 18.4 Å². The molecule has 0 bridgehead atoms. The largest absolute Gasteiger partial charge is 0.493 e. The first-order chi connectivity index (χ1) is 15.4. The predicted molar refractivity (Wildman–Crippen MR) is 122 cm³/mol. The number of aromatic nitrogens is 1. The third-order valence-corrected chi connectivity index (χ3v) is 6.70. The van der Waals surface area contributed by atoms with Gasteiger partial charge in [0.15, 0.2) is 11.5 Å². The molecule has 2 aliphatic heterocycles. The number of methoxy groups -OCH3 is 1. The Hall–Kier alpha value is -2.16. The molecule has 4 rings (SSSR count). The molecule has 3 heterocycles. The van der Waals surface area contributed by atoms with Gasteiger partial charge < -0.3 is 23.8 Å². The summed E-state index contributed by atoms with van der Waals surface area (Å²) in [5.74, 6) is 1.44. The summed E-state index contributed by atoms with van der Waals surface area (Å²) in [5.41, 5.74) is 1.86. The fourth-order valence-electron chi connectivity index (χ4n) is 3.98. The summed E-state index contributed by atoms with van der Waals surface area (Å²) >= 11 is 1.57. The van der Waals surface area contributed by atoms with E-state index in [1.165, 1.54) is 0 Å². The Morgan fingerprint density at radius 2 is 2.19 bits per heavy atom. The van der Waals surface area contributed by atoms with Crippen LogP contribution in [-0.4, -0.2) is 62.0 Å². The van der Waals surface area contributed by atoms with Crippen molar-refractivity contribution < 1.29 is 23.7 Å².